The molecule has 1 heterocycles. The fourth-order valence-electron chi connectivity index (χ4n) is 3.18. The van der Waals surface area contributed by atoms with E-state index >= 15 is 0 Å². The lowest BCUT2D eigenvalue weighted by molar-refractivity contribution is -0.138. The molecule has 0 aliphatic carbocycles. The molecule has 0 aliphatic rings. The first-order valence-corrected chi connectivity index (χ1v) is 9.45. The first kappa shape index (κ1) is 24.9. The third-order valence-corrected chi connectivity index (χ3v) is 5.04. The van der Waals surface area contributed by atoms with Gasteiger partial charge < -0.3 is 15.6 Å². The van der Waals surface area contributed by atoms with Crippen molar-refractivity contribution in [1.82, 2.24) is 4.57 Å². The number of nitrogens with two attached hydrogens (primary N) is 1. The maximum Gasteiger partial charge on any atom is 0.416 e. The summed E-state index contributed by atoms with van der Waals surface area (Å²) in [5.41, 5.74) is 3.80. The highest BCUT2D eigenvalue weighted by Crippen LogP contribution is 2.34. The maximum absolute atomic E-state index is 13.3. The van der Waals surface area contributed by atoms with Crippen LogP contribution in [-0.2, 0) is 22.2 Å². The van der Waals surface area contributed by atoms with Gasteiger partial charge in [-0.2, -0.15) is 13.2 Å². The van der Waals surface area contributed by atoms with Crippen LogP contribution >= 0.6 is 11.6 Å². The Morgan fingerprint density at radius 1 is 1.16 bits per heavy atom. The van der Waals surface area contributed by atoms with E-state index in [-0.39, 0.29) is 29.1 Å². The minimum atomic E-state index is -4.66. The van der Waals surface area contributed by atoms with Gasteiger partial charge in [-0.3, -0.25) is 14.4 Å². The molecule has 1 aromatic heterocycles. The van der Waals surface area contributed by atoms with Crippen LogP contribution in [0.4, 0.5) is 18.9 Å². The molecule has 0 aliphatic heterocycles. The van der Waals surface area contributed by atoms with Crippen molar-refractivity contribution in [3.8, 4) is 0 Å². The van der Waals surface area contributed by atoms with Crippen molar-refractivity contribution in [2.75, 3.05) is 5.32 Å². The number of amides is 2. The zero-order chi connectivity index (χ0) is 22.9. The number of carbonyl (C=O) groups excluding carboxylic acids is 2. The highest BCUT2D eigenvalue weighted by molar-refractivity contribution is 6.30. The van der Waals surface area contributed by atoms with Crippen LogP contribution in [0.2, 0.25) is 5.02 Å². The highest BCUT2D eigenvalue weighted by atomic mass is 35.5. The lowest BCUT2D eigenvalue weighted by Gasteiger charge is -2.15. The number of nitrogens with zero attached hydrogens (tertiary/aromatic N) is 1. The number of primary amides is 1. The van der Waals surface area contributed by atoms with Gasteiger partial charge in [0.15, 0.2) is 0 Å². The molecule has 0 radical (unpaired) electrons. The predicted molar refractivity (Wildman–Crippen MR) is 118 cm³/mol. The molecule has 2 aromatic carbocycles. The molecule has 0 fully saturated rings. The number of hydrogen-bond donors (Lipinski definition) is 2. The van der Waals surface area contributed by atoms with Crippen molar-refractivity contribution >= 4 is 39.9 Å². The number of hydrogen-bond acceptors (Lipinski definition) is 3. The monoisotopic (exact) mass is 467 g/mol. The zero-order valence-electron chi connectivity index (χ0n) is 16.2. The molecule has 32 heavy (non-hydrogen) atoms. The van der Waals surface area contributed by atoms with Gasteiger partial charge in [-0.25, -0.2) is 0 Å². The molecule has 0 unspecified atom stereocenters. The number of carbonyl (C=O) groups is 2. The Hall–Kier alpha value is -3.33. The van der Waals surface area contributed by atoms with E-state index in [1.165, 1.54) is 48.0 Å². The third-order valence-electron chi connectivity index (χ3n) is 4.80. The van der Waals surface area contributed by atoms with Gasteiger partial charge in [-0.15, -0.1) is 0 Å². The summed E-state index contributed by atoms with van der Waals surface area (Å²) >= 11 is 5.66. The summed E-state index contributed by atoms with van der Waals surface area (Å²) in [6.45, 7) is 1.48. The molecular weight excluding hydrogens is 447 g/mol. The topological polar surface area (TPSA) is 94.2 Å². The summed E-state index contributed by atoms with van der Waals surface area (Å²) in [5.74, 6) is -1.38. The molecular formula is C22H21ClF3N3O3. The lowest BCUT2D eigenvalue weighted by Crippen LogP contribution is -2.31. The molecule has 0 saturated carbocycles. The van der Waals surface area contributed by atoms with E-state index in [4.69, 9.17) is 17.3 Å². The van der Waals surface area contributed by atoms with Gasteiger partial charge in [0.25, 0.3) is 5.56 Å². The first-order chi connectivity index (χ1) is 14.5. The summed E-state index contributed by atoms with van der Waals surface area (Å²) < 4.78 is 40.9. The Balaban J connectivity index is 0.00000363. The molecule has 2 amide bonds. The van der Waals surface area contributed by atoms with E-state index in [1.54, 1.807) is 0 Å². The predicted octanol–water partition coefficient (Wildman–Crippen LogP) is 4.54. The Morgan fingerprint density at radius 2 is 1.84 bits per heavy atom. The Bertz CT molecular complexity index is 1240. The van der Waals surface area contributed by atoms with Crippen LogP contribution < -0.4 is 16.6 Å². The fraction of sp³-hybridized carbons (Fsp3) is 0.227. The summed E-state index contributed by atoms with van der Waals surface area (Å²) in [6, 6.07) is 8.40. The number of aromatic nitrogens is 1. The van der Waals surface area contributed by atoms with Gasteiger partial charge in [0, 0.05) is 27.7 Å². The van der Waals surface area contributed by atoms with Crippen molar-refractivity contribution in [2.45, 2.75) is 33.0 Å². The molecule has 6 nitrogen and oxygen atoms in total. The van der Waals surface area contributed by atoms with Crippen LogP contribution in [0.25, 0.3) is 10.8 Å². The van der Waals surface area contributed by atoms with Gasteiger partial charge in [0.05, 0.1) is 12.0 Å². The third kappa shape index (κ3) is 5.11. The standard InChI is InChI=1S/C21H17ClF3N3O3.CH4/c1-11(19(26)30)28-8-7-14-15(20(28)31)3-2-4-17(14)27-18(29)9-12-5-6-13(22)10-16(12)21(23,24)25;/h2-8,10-11H,9H2,1H3,(H2,26,30)(H,27,29);1H4/t11-;/m0./s1. The van der Waals surface area contributed by atoms with Crippen LogP contribution in [0.15, 0.2) is 53.5 Å². The van der Waals surface area contributed by atoms with Crippen molar-refractivity contribution in [3.63, 3.8) is 0 Å². The summed E-state index contributed by atoms with van der Waals surface area (Å²) in [7, 11) is 0. The Kier molecular flexibility index (Phi) is 7.35. The van der Waals surface area contributed by atoms with E-state index in [9.17, 15) is 27.6 Å². The molecule has 0 spiro atoms. The van der Waals surface area contributed by atoms with E-state index in [2.05, 4.69) is 5.32 Å². The molecule has 0 saturated heterocycles. The summed E-state index contributed by atoms with van der Waals surface area (Å²) in [6.07, 6.45) is -3.84. The average Bonchev–Trinajstić information content (AvgIpc) is 2.69. The van der Waals surface area contributed by atoms with Crippen molar-refractivity contribution in [3.05, 3.63) is 75.2 Å². The van der Waals surface area contributed by atoms with Crippen LogP contribution in [-0.4, -0.2) is 16.4 Å². The van der Waals surface area contributed by atoms with Gasteiger partial charge in [0.1, 0.15) is 6.04 Å². The highest BCUT2D eigenvalue weighted by Gasteiger charge is 2.34. The molecule has 10 heteroatoms. The van der Waals surface area contributed by atoms with E-state index < -0.39 is 41.6 Å². The second-order valence-electron chi connectivity index (χ2n) is 6.90. The van der Waals surface area contributed by atoms with Crippen LogP contribution in [0.5, 0.6) is 0 Å². The number of anilines is 1. The van der Waals surface area contributed by atoms with E-state index in [0.717, 1.165) is 12.1 Å². The smallest absolute Gasteiger partial charge is 0.368 e. The molecule has 170 valence electrons. The lowest BCUT2D eigenvalue weighted by atomic mass is 10.0. The first-order valence-electron chi connectivity index (χ1n) is 9.07. The number of pyridine rings is 1. The van der Waals surface area contributed by atoms with E-state index in [1.807, 2.05) is 0 Å². The second-order valence-corrected chi connectivity index (χ2v) is 7.33. The van der Waals surface area contributed by atoms with Crippen LogP contribution in [0, 0.1) is 0 Å². The van der Waals surface area contributed by atoms with Crippen molar-refractivity contribution in [2.24, 2.45) is 5.73 Å². The number of halogens is 4. The minimum Gasteiger partial charge on any atom is -0.368 e. The molecule has 3 N–H and O–H groups in total. The van der Waals surface area contributed by atoms with Gasteiger partial charge >= 0.3 is 6.18 Å². The molecule has 3 aromatic rings. The number of benzene rings is 2. The van der Waals surface area contributed by atoms with Gasteiger partial charge in [0.2, 0.25) is 11.8 Å². The van der Waals surface area contributed by atoms with E-state index in [0.29, 0.717) is 5.39 Å². The Morgan fingerprint density at radius 3 is 2.47 bits per heavy atom. The number of nitrogens with one attached hydrogen (secondary N) is 1. The van der Waals surface area contributed by atoms with Gasteiger partial charge in [-0.05, 0) is 42.8 Å². The summed E-state index contributed by atoms with van der Waals surface area (Å²) in [5, 5.41) is 3.05. The number of alkyl halides is 3. The number of rotatable bonds is 5. The average molecular weight is 468 g/mol. The fourth-order valence-corrected chi connectivity index (χ4v) is 3.35. The van der Waals surface area contributed by atoms with Gasteiger partial charge in [-0.1, -0.05) is 31.2 Å². The minimum absolute atomic E-state index is 0. The quantitative estimate of drug-likeness (QED) is 0.577. The Labute approximate surface area is 186 Å². The molecule has 3 rings (SSSR count). The number of fused-ring (bicyclic) bond motifs is 1. The molecule has 0 bridgehead atoms. The maximum atomic E-state index is 13.3. The van der Waals surface area contributed by atoms with Crippen LogP contribution in [0.1, 0.15) is 31.5 Å². The van der Waals surface area contributed by atoms with Crippen molar-refractivity contribution in [1.29, 1.82) is 0 Å². The molecule has 1 atom stereocenters. The normalized spacial score (nSPS) is 12.2. The SMILES string of the molecule is C.C[C@@H](C(N)=O)n1ccc2c(NC(=O)Cc3ccc(Cl)cc3C(F)(F)F)cccc2c1=O. The second kappa shape index (κ2) is 9.44. The largest absolute Gasteiger partial charge is 0.416 e. The van der Waals surface area contributed by atoms with Crippen molar-refractivity contribution < 1.29 is 22.8 Å². The summed E-state index contributed by atoms with van der Waals surface area (Å²) in [4.78, 5) is 36.6. The van der Waals surface area contributed by atoms with Crippen LogP contribution in [0.3, 0.4) is 0 Å². The zero-order valence-corrected chi connectivity index (χ0v) is 16.9.